The van der Waals surface area contributed by atoms with Crippen LogP contribution in [0.3, 0.4) is 0 Å². The van der Waals surface area contributed by atoms with E-state index in [1.165, 1.54) is 36.8 Å². The maximum atomic E-state index is 11.8. The predicted molar refractivity (Wildman–Crippen MR) is 102 cm³/mol. The fraction of sp³-hybridized carbons (Fsp3) is 0.353. The van der Waals surface area contributed by atoms with Crippen LogP contribution in [0.25, 0.3) is 0 Å². The van der Waals surface area contributed by atoms with E-state index in [2.05, 4.69) is 25.8 Å². The van der Waals surface area contributed by atoms with E-state index < -0.39 is 10.8 Å². The number of nitro benzene ring substituents is 1. The van der Waals surface area contributed by atoms with Gasteiger partial charge < -0.3 is 4.84 Å². The molecule has 0 fully saturated rings. The first-order chi connectivity index (χ1) is 13.3. The largest absolute Gasteiger partial charge is 0.386 e. The van der Waals surface area contributed by atoms with Crippen molar-refractivity contribution in [3.05, 3.63) is 52.6 Å². The third-order valence-corrected chi connectivity index (χ3v) is 3.52. The number of carbonyl (C=O) groups is 1. The Morgan fingerprint density at radius 3 is 2.64 bits per heavy atom. The van der Waals surface area contributed by atoms with Gasteiger partial charge in [0.05, 0.1) is 23.4 Å². The molecule has 0 radical (unpaired) electrons. The van der Waals surface area contributed by atoms with E-state index in [0.717, 1.165) is 0 Å². The third kappa shape index (κ3) is 6.59. The number of nitro groups is 1. The molecule has 0 unspecified atom stereocenters. The Labute approximate surface area is 161 Å². The van der Waals surface area contributed by atoms with Crippen molar-refractivity contribution in [2.75, 3.05) is 6.61 Å². The van der Waals surface area contributed by atoms with Gasteiger partial charge in [-0.2, -0.15) is 10.2 Å². The number of hydrazone groups is 1. The molecule has 1 amide bonds. The maximum absolute atomic E-state index is 11.8. The van der Waals surface area contributed by atoms with E-state index >= 15 is 0 Å². The lowest BCUT2D eigenvalue weighted by Gasteiger charge is -2.20. The van der Waals surface area contributed by atoms with Crippen LogP contribution in [0.5, 0.6) is 0 Å². The molecule has 0 saturated carbocycles. The molecule has 1 aromatic carbocycles. The van der Waals surface area contributed by atoms with Gasteiger partial charge in [0.2, 0.25) is 0 Å². The van der Waals surface area contributed by atoms with Crippen LogP contribution in [-0.2, 0) is 16.2 Å². The topological polar surface area (TPSA) is 137 Å². The van der Waals surface area contributed by atoms with Gasteiger partial charge in [0.15, 0.2) is 6.61 Å². The highest BCUT2D eigenvalue weighted by atomic mass is 16.6. The number of nitrogens with one attached hydrogen (secondary N) is 1. The number of carbonyl (C=O) groups excluding carboxylic acids is 1. The fourth-order valence-electron chi connectivity index (χ4n) is 1.93. The minimum atomic E-state index is -0.491. The summed E-state index contributed by atoms with van der Waals surface area (Å²) in [4.78, 5) is 30.9. The van der Waals surface area contributed by atoms with Gasteiger partial charge in [-0.3, -0.25) is 14.9 Å². The molecule has 148 valence electrons. The van der Waals surface area contributed by atoms with Crippen LogP contribution < -0.4 is 5.43 Å². The monoisotopic (exact) mass is 387 g/mol. The number of rotatable bonds is 8. The Morgan fingerprint density at radius 1 is 1.36 bits per heavy atom. The van der Waals surface area contributed by atoms with Crippen LogP contribution in [0.15, 0.2) is 47.2 Å². The molecule has 2 aromatic rings. The third-order valence-electron chi connectivity index (χ3n) is 3.52. The first-order valence-corrected chi connectivity index (χ1v) is 8.34. The van der Waals surface area contributed by atoms with Gasteiger partial charge >= 0.3 is 0 Å². The molecule has 2 rings (SSSR count). The SMILES string of the molecule is CC(C)(C)/C(Cn1cncn1)=N/OCC(=O)N/N=C/c1ccc([N+](=O)[O-])cc1. The number of oxime groups is 1. The molecule has 1 aromatic heterocycles. The van der Waals surface area contributed by atoms with Crippen molar-refractivity contribution in [3.8, 4) is 0 Å². The van der Waals surface area contributed by atoms with Crippen molar-refractivity contribution in [2.24, 2.45) is 15.7 Å². The first-order valence-electron chi connectivity index (χ1n) is 8.34. The quantitative estimate of drug-likeness (QED) is 0.416. The Kier molecular flexibility index (Phi) is 6.90. The van der Waals surface area contributed by atoms with Crippen molar-refractivity contribution >= 4 is 23.5 Å². The second-order valence-electron chi connectivity index (χ2n) is 6.80. The van der Waals surface area contributed by atoms with E-state index in [1.54, 1.807) is 11.0 Å². The Bertz CT molecular complexity index is 853. The average molecular weight is 387 g/mol. The molecular weight excluding hydrogens is 366 g/mol. The van der Waals surface area contributed by atoms with Gasteiger partial charge in [0.1, 0.15) is 12.7 Å². The zero-order valence-corrected chi connectivity index (χ0v) is 15.8. The summed E-state index contributed by atoms with van der Waals surface area (Å²) in [6, 6.07) is 5.75. The molecular formula is C17H21N7O4. The summed E-state index contributed by atoms with van der Waals surface area (Å²) in [5.74, 6) is -0.490. The number of hydrogen-bond acceptors (Lipinski definition) is 8. The minimum absolute atomic E-state index is 0.0204. The van der Waals surface area contributed by atoms with Crippen LogP contribution in [0.4, 0.5) is 5.69 Å². The van der Waals surface area contributed by atoms with Crippen molar-refractivity contribution in [3.63, 3.8) is 0 Å². The van der Waals surface area contributed by atoms with E-state index in [4.69, 9.17) is 4.84 Å². The molecule has 1 N–H and O–H groups in total. The Hall–Kier alpha value is -3.63. The van der Waals surface area contributed by atoms with E-state index in [9.17, 15) is 14.9 Å². The minimum Gasteiger partial charge on any atom is -0.386 e. The Morgan fingerprint density at radius 2 is 2.07 bits per heavy atom. The van der Waals surface area contributed by atoms with Crippen molar-refractivity contribution in [2.45, 2.75) is 27.3 Å². The van der Waals surface area contributed by atoms with Gasteiger partial charge in [-0.15, -0.1) is 0 Å². The van der Waals surface area contributed by atoms with Gasteiger partial charge in [-0.25, -0.2) is 15.1 Å². The van der Waals surface area contributed by atoms with Crippen molar-refractivity contribution in [1.82, 2.24) is 20.2 Å². The van der Waals surface area contributed by atoms with Crippen LogP contribution in [-0.4, -0.2) is 44.1 Å². The number of nitrogens with zero attached hydrogens (tertiary/aromatic N) is 6. The molecule has 1 heterocycles. The fourth-order valence-corrected chi connectivity index (χ4v) is 1.93. The number of hydrogen-bond donors (Lipinski definition) is 1. The lowest BCUT2D eigenvalue weighted by Crippen LogP contribution is -2.27. The summed E-state index contributed by atoms with van der Waals surface area (Å²) in [5, 5.41) is 22.5. The van der Waals surface area contributed by atoms with Crippen LogP contribution >= 0.6 is 0 Å². The molecule has 0 aliphatic heterocycles. The smallest absolute Gasteiger partial charge is 0.280 e. The van der Waals surface area contributed by atoms with Gasteiger partial charge in [0.25, 0.3) is 11.6 Å². The van der Waals surface area contributed by atoms with Crippen molar-refractivity contribution < 1.29 is 14.6 Å². The molecule has 28 heavy (non-hydrogen) atoms. The first kappa shape index (κ1) is 20.7. The predicted octanol–water partition coefficient (Wildman–Crippen LogP) is 1.76. The van der Waals surface area contributed by atoms with E-state index in [0.29, 0.717) is 17.8 Å². The highest BCUT2D eigenvalue weighted by Gasteiger charge is 2.21. The highest BCUT2D eigenvalue weighted by molar-refractivity contribution is 5.88. The summed E-state index contributed by atoms with van der Waals surface area (Å²) < 4.78 is 1.61. The molecule has 11 nitrogen and oxygen atoms in total. The summed E-state index contributed by atoms with van der Waals surface area (Å²) >= 11 is 0. The summed E-state index contributed by atoms with van der Waals surface area (Å²) in [6.07, 6.45) is 4.37. The molecule has 0 saturated heterocycles. The molecule has 0 bridgehead atoms. The zero-order valence-electron chi connectivity index (χ0n) is 15.8. The summed E-state index contributed by atoms with van der Waals surface area (Å²) in [6.45, 7) is 6.00. The normalized spacial score (nSPS) is 12.2. The maximum Gasteiger partial charge on any atom is 0.280 e. The second kappa shape index (κ2) is 9.35. The number of non-ortho nitro benzene ring substituents is 1. The van der Waals surface area contributed by atoms with Crippen molar-refractivity contribution in [1.29, 1.82) is 0 Å². The number of amides is 1. The van der Waals surface area contributed by atoms with E-state index in [-0.39, 0.29) is 17.7 Å². The molecule has 0 atom stereocenters. The lowest BCUT2D eigenvalue weighted by molar-refractivity contribution is -0.384. The second-order valence-corrected chi connectivity index (χ2v) is 6.80. The molecule has 0 aliphatic rings. The average Bonchev–Trinajstić information content (AvgIpc) is 3.13. The summed E-state index contributed by atoms with van der Waals surface area (Å²) in [7, 11) is 0. The van der Waals surface area contributed by atoms with Crippen LogP contribution in [0, 0.1) is 15.5 Å². The standard InChI is InChI=1S/C17H21N7O4/c1-17(2,3)15(9-23-12-18-11-20-23)22-28-10-16(25)21-19-8-13-4-6-14(7-5-13)24(26)27/h4-8,11-12H,9-10H2,1-3H3,(H,21,25)/b19-8+,22-15+. The summed E-state index contributed by atoms with van der Waals surface area (Å²) in [5.41, 5.74) is 3.30. The van der Waals surface area contributed by atoms with Gasteiger partial charge in [0, 0.05) is 17.5 Å². The number of benzene rings is 1. The van der Waals surface area contributed by atoms with Gasteiger partial charge in [-0.05, 0) is 17.7 Å². The van der Waals surface area contributed by atoms with E-state index in [1.807, 2.05) is 20.8 Å². The molecule has 0 aliphatic carbocycles. The highest BCUT2D eigenvalue weighted by Crippen LogP contribution is 2.17. The number of aromatic nitrogens is 3. The molecule has 0 spiro atoms. The van der Waals surface area contributed by atoms with Gasteiger partial charge in [-0.1, -0.05) is 25.9 Å². The Balaban J connectivity index is 1.84. The van der Waals surface area contributed by atoms with Crippen LogP contribution in [0.2, 0.25) is 0 Å². The van der Waals surface area contributed by atoms with Crippen LogP contribution in [0.1, 0.15) is 26.3 Å². The molecule has 11 heteroatoms. The lowest BCUT2D eigenvalue weighted by atomic mass is 9.90. The zero-order chi connectivity index (χ0) is 20.6.